The maximum Gasteiger partial charge on any atom is 0.200 e. The van der Waals surface area contributed by atoms with Crippen molar-refractivity contribution < 1.29 is 13.9 Å². The van der Waals surface area contributed by atoms with E-state index in [-0.39, 0.29) is 5.43 Å². The van der Waals surface area contributed by atoms with E-state index < -0.39 is 0 Å². The fraction of sp³-hybridized carbons (Fsp3) is 0. The minimum Gasteiger partial charge on any atom is -0.456 e. The fourth-order valence-electron chi connectivity index (χ4n) is 7.37. The number of ether oxygens (including phenoxy) is 2. The van der Waals surface area contributed by atoms with Crippen molar-refractivity contribution in [3.05, 3.63) is 162 Å². The first-order valence-corrected chi connectivity index (χ1v) is 17.6. The number of hydrogen-bond acceptors (Lipinski definition) is 6. The summed E-state index contributed by atoms with van der Waals surface area (Å²) >= 11 is 1.73. The summed E-state index contributed by atoms with van der Waals surface area (Å²) in [5.41, 5.74) is 8.98. The van der Waals surface area contributed by atoms with Gasteiger partial charge in [0, 0.05) is 9.58 Å². The molecule has 0 aliphatic carbocycles. The van der Waals surface area contributed by atoms with Crippen LogP contribution in [0.25, 0.3) is 64.7 Å². The molecule has 0 N–H and O–H groups in total. The number of fused-ring (bicyclic) bond motifs is 7. The molecule has 0 radical (unpaired) electrons. The second-order valence-electron chi connectivity index (χ2n) is 12.9. The van der Waals surface area contributed by atoms with Crippen LogP contribution in [0.2, 0.25) is 0 Å². The number of para-hydroxylation sites is 3. The number of thiophene rings is 1. The van der Waals surface area contributed by atoms with Crippen LogP contribution in [0.3, 0.4) is 0 Å². The van der Waals surface area contributed by atoms with Crippen molar-refractivity contribution in [3.63, 3.8) is 0 Å². The summed E-state index contributed by atoms with van der Waals surface area (Å²) < 4.78 is 20.2. The molecule has 0 unspecified atom stereocenters. The van der Waals surface area contributed by atoms with Crippen LogP contribution in [0.5, 0.6) is 23.0 Å². The molecule has 4 heterocycles. The van der Waals surface area contributed by atoms with Gasteiger partial charge in [-0.15, -0.1) is 11.3 Å². The van der Waals surface area contributed by atoms with Gasteiger partial charge in [0.05, 0.1) is 22.1 Å². The first-order chi connectivity index (χ1) is 25.1. The topological polar surface area (TPSA) is 51.9 Å². The molecule has 6 heteroatoms. The molecule has 5 nitrogen and oxygen atoms in total. The second kappa shape index (κ2) is 10.7. The van der Waals surface area contributed by atoms with Crippen molar-refractivity contribution in [3.8, 4) is 55.7 Å². The van der Waals surface area contributed by atoms with Crippen LogP contribution >= 0.6 is 11.3 Å². The fourth-order valence-corrected chi connectivity index (χ4v) is 8.43. The molecule has 2 aromatic heterocycles. The molecular formula is C45H25NO4S. The third-order valence-electron chi connectivity index (χ3n) is 9.84. The van der Waals surface area contributed by atoms with Gasteiger partial charge < -0.3 is 13.9 Å². The molecule has 9 aromatic rings. The van der Waals surface area contributed by atoms with E-state index in [1.807, 2.05) is 84.9 Å². The molecule has 0 bridgehead atoms. The largest absolute Gasteiger partial charge is 0.456 e. The highest BCUT2D eigenvalue weighted by atomic mass is 32.1. The highest BCUT2D eigenvalue weighted by Gasteiger charge is 2.34. The van der Waals surface area contributed by atoms with Crippen LogP contribution in [0.15, 0.2) is 161 Å². The molecule has 0 fully saturated rings. The lowest BCUT2D eigenvalue weighted by Crippen LogP contribution is -2.20. The number of hydrogen-bond donors (Lipinski definition) is 0. The van der Waals surface area contributed by atoms with Gasteiger partial charge in [-0.25, -0.2) is 0 Å². The molecular weight excluding hydrogens is 651 g/mol. The van der Waals surface area contributed by atoms with E-state index in [0.717, 1.165) is 72.8 Å². The first kappa shape index (κ1) is 28.2. The van der Waals surface area contributed by atoms with Gasteiger partial charge in [0.1, 0.15) is 16.9 Å². The highest BCUT2D eigenvalue weighted by Crippen LogP contribution is 2.59. The number of nitrogens with zero attached hydrogens (tertiary/aromatic N) is 1. The Morgan fingerprint density at radius 1 is 0.471 bits per heavy atom. The van der Waals surface area contributed by atoms with Crippen molar-refractivity contribution in [2.24, 2.45) is 0 Å². The summed E-state index contributed by atoms with van der Waals surface area (Å²) in [4.78, 5) is 17.4. The molecule has 51 heavy (non-hydrogen) atoms. The van der Waals surface area contributed by atoms with Gasteiger partial charge in [-0.2, -0.15) is 0 Å². The smallest absolute Gasteiger partial charge is 0.200 e. The van der Waals surface area contributed by atoms with Crippen molar-refractivity contribution in [1.82, 2.24) is 0 Å². The van der Waals surface area contributed by atoms with E-state index in [1.54, 1.807) is 11.3 Å². The summed E-state index contributed by atoms with van der Waals surface area (Å²) in [7, 11) is 0. The Labute approximate surface area is 295 Å². The molecule has 240 valence electrons. The summed E-state index contributed by atoms with van der Waals surface area (Å²) in [6.07, 6.45) is 0. The molecule has 7 aromatic carbocycles. The Balaban J connectivity index is 0.990. The van der Waals surface area contributed by atoms with Crippen molar-refractivity contribution in [1.29, 1.82) is 0 Å². The standard InChI is InChI=1S/C45H25NO4S/c47-45-32-22-28(15-18-36(32)48-37-19-17-31(23-33(37)45)43-25-30-7-1-4-14-42(30)51-43)26-8-5-9-27(21-26)29-16-20-39-35(24-29)46-34-10-2-3-11-38(34)49-40-12-6-13-41(50-39)44(40)46/h1-25H. The third kappa shape index (κ3) is 4.37. The van der Waals surface area contributed by atoms with Crippen LogP contribution in [0, 0.1) is 0 Å². The van der Waals surface area contributed by atoms with Crippen LogP contribution in [0.1, 0.15) is 0 Å². The Morgan fingerprint density at radius 2 is 1.08 bits per heavy atom. The van der Waals surface area contributed by atoms with Gasteiger partial charge in [-0.1, -0.05) is 66.7 Å². The zero-order valence-electron chi connectivity index (χ0n) is 26.9. The van der Waals surface area contributed by atoms with Gasteiger partial charge in [-0.05, 0) is 118 Å². The zero-order valence-corrected chi connectivity index (χ0v) is 27.7. The van der Waals surface area contributed by atoms with E-state index in [4.69, 9.17) is 13.9 Å². The van der Waals surface area contributed by atoms with Crippen molar-refractivity contribution in [2.75, 3.05) is 4.90 Å². The van der Waals surface area contributed by atoms with Gasteiger partial charge in [0.15, 0.2) is 23.0 Å². The van der Waals surface area contributed by atoms with E-state index in [1.165, 1.54) is 10.1 Å². The van der Waals surface area contributed by atoms with E-state index in [9.17, 15) is 4.79 Å². The average molecular weight is 676 g/mol. The van der Waals surface area contributed by atoms with Gasteiger partial charge in [0.2, 0.25) is 5.43 Å². The minimum atomic E-state index is -0.0349. The van der Waals surface area contributed by atoms with E-state index >= 15 is 0 Å². The molecule has 0 amide bonds. The summed E-state index contributed by atoms with van der Waals surface area (Å²) in [5, 5.41) is 2.34. The average Bonchev–Trinajstić information content (AvgIpc) is 3.62. The number of rotatable bonds is 3. The lowest BCUT2D eigenvalue weighted by Gasteiger charge is -2.37. The lowest BCUT2D eigenvalue weighted by molar-refractivity contribution is 0.446. The quantitative estimate of drug-likeness (QED) is 0.174. The van der Waals surface area contributed by atoms with Crippen molar-refractivity contribution >= 4 is 60.4 Å². The van der Waals surface area contributed by atoms with E-state index in [2.05, 4.69) is 71.6 Å². The molecule has 0 spiro atoms. The molecule has 11 rings (SSSR count). The third-order valence-corrected chi connectivity index (χ3v) is 11.0. The van der Waals surface area contributed by atoms with Crippen LogP contribution in [0.4, 0.5) is 17.1 Å². The Morgan fingerprint density at radius 3 is 1.88 bits per heavy atom. The number of benzene rings is 7. The summed E-state index contributed by atoms with van der Waals surface area (Å²) in [5.74, 6) is 3.09. The van der Waals surface area contributed by atoms with Gasteiger partial charge >= 0.3 is 0 Å². The van der Waals surface area contributed by atoms with Crippen molar-refractivity contribution in [2.45, 2.75) is 0 Å². The summed E-state index contributed by atoms with van der Waals surface area (Å²) in [6, 6.07) is 51.0. The highest BCUT2D eigenvalue weighted by molar-refractivity contribution is 7.22. The molecule has 0 saturated heterocycles. The maximum atomic E-state index is 14.0. The Kier molecular flexibility index (Phi) is 5.91. The predicted molar refractivity (Wildman–Crippen MR) is 207 cm³/mol. The van der Waals surface area contributed by atoms with E-state index in [0.29, 0.717) is 21.9 Å². The normalized spacial score (nSPS) is 12.7. The minimum absolute atomic E-state index is 0.0349. The maximum absolute atomic E-state index is 14.0. The molecule has 0 atom stereocenters. The second-order valence-corrected chi connectivity index (χ2v) is 14.0. The van der Waals surface area contributed by atoms with Crippen LogP contribution < -0.4 is 19.8 Å². The number of anilines is 3. The summed E-state index contributed by atoms with van der Waals surface area (Å²) in [6.45, 7) is 0. The van der Waals surface area contributed by atoms with Gasteiger partial charge in [-0.3, -0.25) is 9.69 Å². The Hall–Kier alpha value is -6.63. The van der Waals surface area contributed by atoms with Crippen LogP contribution in [-0.4, -0.2) is 0 Å². The lowest BCUT2D eigenvalue weighted by atomic mass is 9.97. The molecule has 2 aliphatic rings. The Bertz CT molecular complexity index is 2930. The first-order valence-electron chi connectivity index (χ1n) is 16.8. The monoisotopic (exact) mass is 675 g/mol. The molecule has 2 aliphatic heterocycles. The van der Waals surface area contributed by atoms with Gasteiger partial charge in [0.25, 0.3) is 0 Å². The molecule has 0 saturated carbocycles. The van der Waals surface area contributed by atoms with Crippen LogP contribution in [-0.2, 0) is 0 Å². The SMILES string of the molecule is O=c1c2cc(-c3cccc(-c4ccc5c(c4)N4c6ccccc6Oc6cccc(c64)O5)c3)ccc2oc2ccc(-c3cc4ccccc4s3)cc12. The zero-order chi connectivity index (χ0) is 33.6. The predicted octanol–water partition coefficient (Wildman–Crippen LogP) is 12.8.